The normalized spacial score (nSPS) is 9.50. The Hall–Kier alpha value is -1.85. The highest BCUT2D eigenvalue weighted by atomic mass is 14.6. The van der Waals surface area contributed by atoms with Crippen molar-refractivity contribution in [3.05, 3.63) is 42.2 Å². The van der Waals surface area contributed by atoms with Gasteiger partial charge in [-0.3, -0.25) is 4.98 Å². The Balaban J connectivity index is 2.65. The van der Waals surface area contributed by atoms with E-state index in [1.807, 2.05) is 30.5 Å². The van der Waals surface area contributed by atoms with Crippen molar-refractivity contribution < 1.29 is 0 Å². The summed E-state index contributed by atoms with van der Waals surface area (Å²) in [4.78, 5) is 4.08. The molecule has 2 aromatic rings. The summed E-state index contributed by atoms with van der Waals surface area (Å²) in [5.41, 5.74) is 6.32. The Morgan fingerprint density at radius 1 is 1.29 bits per heavy atom. The number of benzene rings is 1. The molecule has 0 amide bonds. The largest absolute Gasteiger partial charge is 0.320 e. The van der Waals surface area contributed by atoms with Crippen LogP contribution in [-0.2, 0) is 0 Å². The van der Waals surface area contributed by atoms with Gasteiger partial charge >= 0.3 is 0 Å². The van der Waals surface area contributed by atoms with Gasteiger partial charge in [0.25, 0.3) is 0 Å². The van der Waals surface area contributed by atoms with Crippen molar-refractivity contribution in [3.63, 3.8) is 0 Å². The number of rotatable bonds is 0. The van der Waals surface area contributed by atoms with Crippen molar-refractivity contribution in [2.75, 3.05) is 6.54 Å². The van der Waals surface area contributed by atoms with E-state index in [4.69, 9.17) is 5.73 Å². The van der Waals surface area contributed by atoms with Crippen molar-refractivity contribution >= 4 is 10.8 Å². The maximum absolute atomic E-state index is 5.33. The zero-order valence-electron chi connectivity index (χ0n) is 7.70. The highest BCUT2D eigenvalue weighted by molar-refractivity contribution is 5.87. The molecule has 0 unspecified atom stereocenters. The summed E-state index contributed by atoms with van der Waals surface area (Å²) in [6.07, 6.45) is 3.61. The smallest absolute Gasteiger partial charge is 0.0555 e. The molecular weight excluding hydrogens is 172 g/mol. The predicted molar refractivity (Wildman–Crippen MR) is 57.7 cm³/mol. The van der Waals surface area contributed by atoms with Crippen LogP contribution in [0.4, 0.5) is 0 Å². The average molecular weight is 182 g/mol. The second-order valence-corrected chi connectivity index (χ2v) is 2.91. The summed E-state index contributed by atoms with van der Waals surface area (Å²) in [7, 11) is 0. The summed E-state index contributed by atoms with van der Waals surface area (Å²) < 4.78 is 0. The van der Waals surface area contributed by atoms with Gasteiger partial charge < -0.3 is 5.73 Å². The molecule has 0 saturated carbocycles. The molecule has 0 aliphatic heterocycles. The highest BCUT2D eigenvalue weighted by Crippen LogP contribution is 2.15. The number of aromatic nitrogens is 1. The maximum Gasteiger partial charge on any atom is 0.0555 e. The van der Waals surface area contributed by atoms with Crippen molar-refractivity contribution in [2.45, 2.75) is 0 Å². The van der Waals surface area contributed by atoms with E-state index in [0.29, 0.717) is 6.54 Å². The fourth-order valence-electron chi connectivity index (χ4n) is 1.37. The molecule has 1 aromatic carbocycles. The van der Waals surface area contributed by atoms with Crippen LogP contribution in [0.25, 0.3) is 10.8 Å². The van der Waals surface area contributed by atoms with Gasteiger partial charge in [-0.1, -0.05) is 24.0 Å². The Labute approximate surface area is 82.8 Å². The first-order valence-corrected chi connectivity index (χ1v) is 4.43. The lowest BCUT2D eigenvalue weighted by molar-refractivity contribution is 1.30. The van der Waals surface area contributed by atoms with Crippen LogP contribution in [0.15, 0.2) is 36.7 Å². The fraction of sp³-hybridized carbons (Fsp3) is 0.0833. The summed E-state index contributed by atoms with van der Waals surface area (Å²) in [5.74, 6) is 5.88. The molecule has 0 aliphatic rings. The molecule has 0 aliphatic carbocycles. The molecule has 2 nitrogen and oxygen atoms in total. The van der Waals surface area contributed by atoms with Gasteiger partial charge in [0.15, 0.2) is 0 Å². The van der Waals surface area contributed by atoms with E-state index in [-0.39, 0.29) is 0 Å². The lowest BCUT2D eigenvalue weighted by atomic mass is 10.1. The van der Waals surface area contributed by atoms with Crippen LogP contribution in [0.3, 0.4) is 0 Å². The first-order valence-electron chi connectivity index (χ1n) is 4.43. The lowest BCUT2D eigenvalue weighted by Gasteiger charge is -1.98. The Bertz CT molecular complexity index is 501. The zero-order valence-corrected chi connectivity index (χ0v) is 7.70. The second-order valence-electron chi connectivity index (χ2n) is 2.91. The van der Waals surface area contributed by atoms with E-state index in [9.17, 15) is 0 Å². The third kappa shape index (κ3) is 1.59. The molecule has 2 N–H and O–H groups in total. The number of nitrogens with zero attached hydrogens (tertiary/aromatic N) is 1. The minimum atomic E-state index is 0.386. The predicted octanol–water partition coefficient (Wildman–Crippen LogP) is 1.54. The summed E-state index contributed by atoms with van der Waals surface area (Å²) in [6.45, 7) is 0.386. The van der Waals surface area contributed by atoms with Crippen LogP contribution in [-0.4, -0.2) is 11.5 Å². The molecule has 2 rings (SSSR count). The second kappa shape index (κ2) is 3.91. The van der Waals surface area contributed by atoms with Gasteiger partial charge in [0.05, 0.1) is 6.54 Å². The molecule has 1 heterocycles. The molecule has 68 valence electrons. The molecule has 0 saturated heterocycles. The van der Waals surface area contributed by atoms with Crippen molar-refractivity contribution in [1.29, 1.82) is 0 Å². The van der Waals surface area contributed by atoms with Crippen molar-refractivity contribution in [1.82, 2.24) is 4.98 Å². The van der Waals surface area contributed by atoms with Gasteiger partial charge in [-0.05, 0) is 17.5 Å². The van der Waals surface area contributed by atoms with E-state index >= 15 is 0 Å². The van der Waals surface area contributed by atoms with Crippen LogP contribution >= 0.6 is 0 Å². The van der Waals surface area contributed by atoms with Gasteiger partial charge in [0.2, 0.25) is 0 Å². The van der Waals surface area contributed by atoms with Gasteiger partial charge in [-0.25, -0.2) is 0 Å². The summed E-state index contributed by atoms with van der Waals surface area (Å²) >= 11 is 0. The van der Waals surface area contributed by atoms with Crippen LogP contribution in [0, 0.1) is 11.8 Å². The van der Waals surface area contributed by atoms with E-state index in [1.165, 1.54) is 0 Å². The third-order valence-electron chi connectivity index (χ3n) is 2.01. The van der Waals surface area contributed by atoms with E-state index in [1.54, 1.807) is 6.20 Å². The average Bonchev–Trinajstić information content (AvgIpc) is 2.26. The first kappa shape index (κ1) is 8.74. The fourth-order valence-corrected chi connectivity index (χ4v) is 1.37. The SMILES string of the molecule is NCC#Cc1cccc2ccncc12. The standard InChI is InChI=1S/C12H10N2/c13-7-2-5-10-3-1-4-11-6-8-14-9-12(10)11/h1,3-4,6,8-9H,7,13H2. The molecular formula is C12H10N2. The number of fused-ring (bicyclic) bond motifs is 1. The quantitative estimate of drug-likeness (QED) is 0.628. The highest BCUT2D eigenvalue weighted by Gasteiger charge is 1.96. The van der Waals surface area contributed by atoms with Crippen molar-refractivity contribution in [3.8, 4) is 11.8 Å². The summed E-state index contributed by atoms with van der Waals surface area (Å²) in [5, 5.41) is 2.24. The van der Waals surface area contributed by atoms with E-state index < -0.39 is 0 Å². The molecule has 0 spiro atoms. The number of pyridine rings is 1. The number of hydrogen-bond acceptors (Lipinski definition) is 2. The Morgan fingerprint density at radius 2 is 2.21 bits per heavy atom. The van der Waals surface area contributed by atoms with Gasteiger partial charge in [-0.2, -0.15) is 0 Å². The molecule has 0 radical (unpaired) electrons. The topological polar surface area (TPSA) is 38.9 Å². The Kier molecular flexibility index (Phi) is 2.44. The van der Waals surface area contributed by atoms with E-state index in [0.717, 1.165) is 16.3 Å². The lowest BCUT2D eigenvalue weighted by Crippen LogP contribution is -1.93. The first-order chi connectivity index (χ1) is 6.92. The van der Waals surface area contributed by atoms with Crippen LogP contribution in [0.2, 0.25) is 0 Å². The third-order valence-corrected chi connectivity index (χ3v) is 2.01. The molecule has 14 heavy (non-hydrogen) atoms. The van der Waals surface area contributed by atoms with Crippen LogP contribution in [0.1, 0.15) is 5.56 Å². The van der Waals surface area contributed by atoms with E-state index in [2.05, 4.69) is 16.8 Å². The molecule has 2 heteroatoms. The minimum absolute atomic E-state index is 0.386. The number of hydrogen-bond donors (Lipinski definition) is 1. The summed E-state index contributed by atoms with van der Waals surface area (Å²) in [6, 6.07) is 7.99. The van der Waals surface area contributed by atoms with Crippen LogP contribution in [0.5, 0.6) is 0 Å². The zero-order chi connectivity index (χ0) is 9.80. The molecule has 1 aromatic heterocycles. The minimum Gasteiger partial charge on any atom is -0.320 e. The number of nitrogens with two attached hydrogens (primary N) is 1. The molecule has 0 atom stereocenters. The van der Waals surface area contributed by atoms with Crippen molar-refractivity contribution in [2.24, 2.45) is 5.73 Å². The van der Waals surface area contributed by atoms with Gasteiger partial charge in [0.1, 0.15) is 0 Å². The maximum atomic E-state index is 5.33. The van der Waals surface area contributed by atoms with Gasteiger partial charge in [0, 0.05) is 23.3 Å². The Morgan fingerprint density at radius 3 is 3.07 bits per heavy atom. The van der Waals surface area contributed by atoms with Crippen LogP contribution < -0.4 is 5.73 Å². The molecule has 0 fully saturated rings. The van der Waals surface area contributed by atoms with Gasteiger partial charge in [-0.15, -0.1) is 0 Å². The monoisotopic (exact) mass is 182 g/mol. The molecule has 0 bridgehead atoms.